The number of ether oxygens (including phenoxy) is 2. The molecule has 7 heteroatoms. The van der Waals surface area contributed by atoms with E-state index in [1.807, 2.05) is 37.3 Å². The molecule has 0 aliphatic carbocycles. The van der Waals surface area contributed by atoms with Gasteiger partial charge in [-0.3, -0.25) is 4.79 Å². The van der Waals surface area contributed by atoms with E-state index in [-0.39, 0.29) is 11.7 Å². The maximum atomic E-state index is 13.2. The van der Waals surface area contributed by atoms with Crippen LogP contribution in [0.2, 0.25) is 0 Å². The topological polar surface area (TPSA) is 65.7 Å². The van der Waals surface area contributed by atoms with Crippen LogP contribution in [-0.4, -0.2) is 29.1 Å². The molecule has 0 aliphatic rings. The molecule has 1 aromatic heterocycles. The van der Waals surface area contributed by atoms with Crippen LogP contribution < -0.4 is 15.0 Å². The van der Waals surface area contributed by atoms with Crippen LogP contribution in [0.5, 0.6) is 11.5 Å². The van der Waals surface area contributed by atoms with Gasteiger partial charge in [0.05, 0.1) is 30.3 Å². The number of fused-ring (bicyclic) bond motifs is 1. The summed E-state index contributed by atoms with van der Waals surface area (Å²) < 4.78 is 14.0. The van der Waals surface area contributed by atoms with Gasteiger partial charge in [0.1, 0.15) is 5.82 Å². The minimum atomic E-state index is -0.198. The highest BCUT2D eigenvalue weighted by molar-refractivity contribution is 9.10. The van der Waals surface area contributed by atoms with Gasteiger partial charge in [0.2, 0.25) is 0 Å². The number of hydrogen-bond acceptors (Lipinski definition) is 5. The maximum Gasteiger partial charge on any atom is 0.282 e. The molecular formula is C26H30BrN3O3. The molecule has 0 spiro atoms. The Kier molecular flexibility index (Phi) is 8.44. The number of halogens is 1. The summed E-state index contributed by atoms with van der Waals surface area (Å²) in [6, 6.07) is 9.36. The lowest BCUT2D eigenvalue weighted by Gasteiger charge is -2.19. The minimum Gasteiger partial charge on any atom is -0.493 e. The lowest BCUT2D eigenvalue weighted by molar-refractivity contribution is 0.206. The molecule has 0 saturated heterocycles. The number of allylic oxidation sites excluding steroid dienone is 1. The summed E-state index contributed by atoms with van der Waals surface area (Å²) in [5, 5.41) is 5.05. The van der Waals surface area contributed by atoms with Crippen molar-refractivity contribution in [2.45, 2.75) is 52.6 Å². The first kappa shape index (κ1) is 24.7. The molecule has 0 unspecified atom stereocenters. The largest absolute Gasteiger partial charge is 0.493 e. The average Bonchev–Trinajstić information content (AvgIpc) is 2.80. The first-order valence-electron chi connectivity index (χ1n) is 11.2. The summed E-state index contributed by atoms with van der Waals surface area (Å²) in [6.07, 6.45) is 6.54. The van der Waals surface area contributed by atoms with E-state index in [1.165, 1.54) is 4.68 Å². The number of hydrogen-bond donors (Lipinski definition) is 0. The third-order valence-corrected chi connectivity index (χ3v) is 5.80. The van der Waals surface area contributed by atoms with Crippen LogP contribution in [0.4, 0.5) is 0 Å². The van der Waals surface area contributed by atoms with E-state index >= 15 is 0 Å². The smallest absolute Gasteiger partial charge is 0.282 e. The fourth-order valence-corrected chi connectivity index (χ4v) is 3.82. The van der Waals surface area contributed by atoms with E-state index in [2.05, 4.69) is 46.4 Å². The van der Waals surface area contributed by atoms with Gasteiger partial charge < -0.3 is 9.47 Å². The summed E-state index contributed by atoms with van der Waals surface area (Å²) in [5.41, 5.74) is 2.22. The van der Waals surface area contributed by atoms with Crippen molar-refractivity contribution in [1.29, 1.82) is 0 Å². The zero-order valence-corrected chi connectivity index (χ0v) is 21.2. The van der Waals surface area contributed by atoms with Gasteiger partial charge in [-0.1, -0.05) is 35.9 Å². The lowest BCUT2D eigenvalue weighted by atomic mass is 10.1. The van der Waals surface area contributed by atoms with Crippen LogP contribution in [0.15, 0.2) is 57.4 Å². The van der Waals surface area contributed by atoms with E-state index in [1.54, 1.807) is 19.4 Å². The van der Waals surface area contributed by atoms with Crippen LogP contribution in [0.25, 0.3) is 10.9 Å². The van der Waals surface area contributed by atoms with Gasteiger partial charge in [-0.05, 0) is 62.1 Å². The second-order valence-electron chi connectivity index (χ2n) is 7.84. The first-order chi connectivity index (χ1) is 15.9. The van der Waals surface area contributed by atoms with Crippen molar-refractivity contribution in [1.82, 2.24) is 9.66 Å². The molecule has 2 aromatic carbocycles. The number of benzene rings is 2. The molecule has 0 fully saturated rings. The van der Waals surface area contributed by atoms with Gasteiger partial charge in [-0.25, -0.2) is 4.98 Å². The minimum absolute atomic E-state index is 0.0557. The number of rotatable bonds is 10. The van der Waals surface area contributed by atoms with Gasteiger partial charge in [0.15, 0.2) is 11.5 Å². The van der Waals surface area contributed by atoms with Crippen LogP contribution in [0.1, 0.15) is 50.6 Å². The Morgan fingerprint density at radius 2 is 2.06 bits per heavy atom. The van der Waals surface area contributed by atoms with Gasteiger partial charge in [0, 0.05) is 16.5 Å². The fraction of sp³-hybridized carbons (Fsp3) is 0.346. The normalized spacial score (nSPS) is 12.3. The van der Waals surface area contributed by atoms with Gasteiger partial charge in [0.25, 0.3) is 5.56 Å². The number of aryl methyl sites for hydroxylation is 1. The molecule has 174 valence electrons. The molecule has 1 atom stereocenters. The van der Waals surface area contributed by atoms with E-state index in [0.29, 0.717) is 41.1 Å². The first-order valence-corrected chi connectivity index (χ1v) is 11.9. The van der Waals surface area contributed by atoms with E-state index in [4.69, 9.17) is 9.47 Å². The molecular weight excluding hydrogens is 482 g/mol. The molecule has 0 bridgehead atoms. The summed E-state index contributed by atoms with van der Waals surface area (Å²) >= 11 is 3.44. The van der Waals surface area contributed by atoms with Gasteiger partial charge >= 0.3 is 0 Å². The Balaban J connectivity index is 2.11. The summed E-state index contributed by atoms with van der Waals surface area (Å²) in [6.45, 7) is 10.0. The monoisotopic (exact) mass is 511 g/mol. The second-order valence-corrected chi connectivity index (χ2v) is 8.76. The predicted octanol–water partition coefficient (Wildman–Crippen LogP) is 5.91. The van der Waals surface area contributed by atoms with Crippen molar-refractivity contribution in [3.63, 3.8) is 0 Å². The van der Waals surface area contributed by atoms with Crippen molar-refractivity contribution in [2.24, 2.45) is 5.10 Å². The summed E-state index contributed by atoms with van der Waals surface area (Å²) in [5.74, 6) is 1.96. The fourth-order valence-electron chi connectivity index (χ4n) is 3.46. The number of methoxy groups -OCH3 is 1. The van der Waals surface area contributed by atoms with Crippen LogP contribution in [0.3, 0.4) is 0 Å². The highest BCUT2D eigenvalue weighted by atomic mass is 79.9. The van der Waals surface area contributed by atoms with Crippen LogP contribution in [-0.2, 0) is 12.8 Å². The molecule has 33 heavy (non-hydrogen) atoms. The average molecular weight is 512 g/mol. The standard InChI is InChI=1S/C26H30BrN3O3/c1-6-9-19-13-18(14-23(32-5)25(19)33-17(4)8-3)16-28-30-24(10-7-2)29-22-12-11-20(27)15-21(22)26(30)31/h6,11-17H,1,7-10H2,2-5H3/t17-/m1/s1. The third-order valence-electron chi connectivity index (χ3n) is 5.30. The molecule has 1 heterocycles. The van der Waals surface area contributed by atoms with E-state index < -0.39 is 0 Å². The van der Waals surface area contributed by atoms with E-state index in [0.717, 1.165) is 28.4 Å². The van der Waals surface area contributed by atoms with Crippen molar-refractivity contribution in [3.8, 4) is 11.5 Å². The van der Waals surface area contributed by atoms with Crippen molar-refractivity contribution < 1.29 is 9.47 Å². The van der Waals surface area contributed by atoms with Gasteiger partial charge in [-0.2, -0.15) is 9.78 Å². The summed E-state index contributed by atoms with van der Waals surface area (Å²) in [4.78, 5) is 17.9. The molecule has 0 saturated carbocycles. The third kappa shape index (κ3) is 5.71. The van der Waals surface area contributed by atoms with Crippen molar-refractivity contribution in [3.05, 3.63) is 74.8 Å². The Labute approximate surface area is 203 Å². The van der Waals surface area contributed by atoms with E-state index in [9.17, 15) is 4.79 Å². The zero-order chi connectivity index (χ0) is 24.0. The molecule has 3 rings (SSSR count). The lowest BCUT2D eigenvalue weighted by Crippen LogP contribution is -2.22. The molecule has 0 aliphatic heterocycles. The molecule has 0 N–H and O–H groups in total. The molecule has 3 aromatic rings. The van der Waals surface area contributed by atoms with Crippen molar-refractivity contribution in [2.75, 3.05) is 7.11 Å². The number of aromatic nitrogens is 2. The second kappa shape index (κ2) is 11.3. The Bertz CT molecular complexity index is 1230. The molecule has 0 radical (unpaired) electrons. The van der Waals surface area contributed by atoms with Gasteiger partial charge in [-0.15, -0.1) is 6.58 Å². The van der Waals surface area contributed by atoms with Crippen LogP contribution >= 0.6 is 15.9 Å². The Morgan fingerprint density at radius 1 is 1.27 bits per heavy atom. The summed E-state index contributed by atoms with van der Waals surface area (Å²) in [7, 11) is 1.62. The number of nitrogens with zero attached hydrogens (tertiary/aromatic N) is 3. The van der Waals surface area contributed by atoms with Crippen molar-refractivity contribution >= 4 is 33.0 Å². The zero-order valence-electron chi connectivity index (χ0n) is 19.6. The highest BCUT2D eigenvalue weighted by Gasteiger charge is 2.15. The quantitative estimate of drug-likeness (QED) is 0.250. The Morgan fingerprint density at radius 3 is 2.73 bits per heavy atom. The highest BCUT2D eigenvalue weighted by Crippen LogP contribution is 2.34. The SMILES string of the molecule is C=CCc1cc(C=Nn2c(CCC)nc3ccc(Br)cc3c2=O)cc(OC)c1O[C@H](C)CC. The molecule has 0 amide bonds. The Hall–Kier alpha value is -2.93. The maximum absolute atomic E-state index is 13.2. The van der Waals surface area contributed by atoms with Crippen LogP contribution in [0, 0.1) is 0 Å². The predicted molar refractivity (Wildman–Crippen MR) is 138 cm³/mol. The molecule has 6 nitrogen and oxygen atoms in total.